The molecule has 0 aromatic carbocycles. The molecule has 0 spiro atoms. The third-order valence-electron chi connectivity index (χ3n) is 3.10. The Kier molecular flexibility index (Phi) is 4.19. The maximum Gasteiger partial charge on any atom is 0.323 e. The molecule has 0 aliphatic carbocycles. The van der Waals surface area contributed by atoms with E-state index in [1.54, 1.807) is 30.3 Å². The second-order valence-corrected chi connectivity index (χ2v) is 5.40. The van der Waals surface area contributed by atoms with Crippen LogP contribution < -0.4 is 10.9 Å². The van der Waals surface area contributed by atoms with E-state index in [-0.39, 0.29) is 23.5 Å². The van der Waals surface area contributed by atoms with Crippen molar-refractivity contribution in [3.05, 3.63) is 45.1 Å². The first-order chi connectivity index (χ1) is 9.50. The first kappa shape index (κ1) is 14.3. The molecule has 7 heteroatoms. The Morgan fingerprint density at radius 3 is 2.95 bits per heavy atom. The number of hydrogen-bond donors (Lipinski definition) is 1. The predicted octanol–water partition coefficient (Wildman–Crippen LogP) is 2.07. The summed E-state index contributed by atoms with van der Waals surface area (Å²) in [5, 5.41) is 4.51. The zero-order valence-electron chi connectivity index (χ0n) is 11.5. The zero-order valence-corrected chi connectivity index (χ0v) is 12.3. The summed E-state index contributed by atoms with van der Waals surface area (Å²) in [6, 6.07) is 3.49. The highest BCUT2D eigenvalue weighted by molar-refractivity contribution is 7.10. The van der Waals surface area contributed by atoms with Crippen LogP contribution >= 0.6 is 11.3 Å². The molecule has 1 atom stereocenters. The van der Waals surface area contributed by atoms with Crippen LogP contribution in [0.4, 0.5) is 10.6 Å². The van der Waals surface area contributed by atoms with Crippen molar-refractivity contribution in [2.75, 3.05) is 12.4 Å². The van der Waals surface area contributed by atoms with E-state index in [9.17, 15) is 9.59 Å². The number of urea groups is 1. The maximum absolute atomic E-state index is 12.1. The van der Waals surface area contributed by atoms with E-state index in [1.165, 1.54) is 17.0 Å². The number of amides is 2. The molecule has 2 aromatic heterocycles. The van der Waals surface area contributed by atoms with Crippen LogP contribution in [0.5, 0.6) is 0 Å². The predicted molar refractivity (Wildman–Crippen MR) is 79.0 cm³/mol. The van der Waals surface area contributed by atoms with Crippen LogP contribution in [0.15, 0.2) is 34.7 Å². The van der Waals surface area contributed by atoms with Gasteiger partial charge < -0.3 is 9.47 Å². The Morgan fingerprint density at radius 2 is 2.30 bits per heavy atom. The van der Waals surface area contributed by atoms with Crippen molar-refractivity contribution >= 4 is 23.2 Å². The van der Waals surface area contributed by atoms with Crippen molar-refractivity contribution in [2.45, 2.75) is 13.0 Å². The Hall–Kier alpha value is -2.15. The third-order valence-corrected chi connectivity index (χ3v) is 4.14. The molecule has 20 heavy (non-hydrogen) atoms. The van der Waals surface area contributed by atoms with Crippen molar-refractivity contribution in [3.63, 3.8) is 0 Å². The number of rotatable bonds is 3. The Morgan fingerprint density at radius 1 is 1.55 bits per heavy atom. The van der Waals surface area contributed by atoms with Crippen LogP contribution in [0, 0.1) is 0 Å². The molecule has 0 aliphatic rings. The number of carbonyl (C=O) groups excluding carboxylic acids is 1. The second-order valence-electron chi connectivity index (χ2n) is 4.42. The number of nitrogens with zero attached hydrogens (tertiary/aromatic N) is 3. The van der Waals surface area contributed by atoms with E-state index in [0.29, 0.717) is 0 Å². The average Bonchev–Trinajstić information content (AvgIpc) is 2.96. The number of carbonyl (C=O) groups is 1. The van der Waals surface area contributed by atoms with E-state index in [0.717, 1.165) is 4.88 Å². The van der Waals surface area contributed by atoms with E-state index in [4.69, 9.17) is 0 Å². The van der Waals surface area contributed by atoms with Crippen molar-refractivity contribution in [1.82, 2.24) is 14.5 Å². The Balaban J connectivity index is 2.12. The first-order valence-corrected chi connectivity index (χ1v) is 6.97. The van der Waals surface area contributed by atoms with Crippen LogP contribution in [0.1, 0.15) is 17.8 Å². The molecule has 0 aliphatic heterocycles. The van der Waals surface area contributed by atoms with Gasteiger partial charge in [0, 0.05) is 31.4 Å². The molecule has 0 fully saturated rings. The van der Waals surface area contributed by atoms with Crippen LogP contribution in [0.3, 0.4) is 0 Å². The minimum absolute atomic E-state index is 0.0326. The van der Waals surface area contributed by atoms with E-state index in [1.807, 2.05) is 24.4 Å². The number of hydrogen-bond acceptors (Lipinski definition) is 4. The first-order valence-electron chi connectivity index (χ1n) is 6.09. The van der Waals surface area contributed by atoms with Crippen LogP contribution in [-0.2, 0) is 7.05 Å². The molecule has 0 saturated heterocycles. The van der Waals surface area contributed by atoms with Crippen molar-refractivity contribution in [1.29, 1.82) is 0 Å². The topological polar surface area (TPSA) is 67.2 Å². The lowest BCUT2D eigenvalue weighted by atomic mass is 10.2. The zero-order chi connectivity index (χ0) is 14.7. The highest BCUT2D eigenvalue weighted by atomic mass is 32.1. The standard InChI is InChI=1S/C13H16N4O2S/c1-9(10-5-4-8-20-10)17(3)13(19)15-11-12(18)16(2)7-6-14-11/h4-9H,1-3H3,(H,14,15,19)/t9-/m0/s1. The van der Waals surface area contributed by atoms with Crippen molar-refractivity contribution in [2.24, 2.45) is 7.05 Å². The van der Waals surface area contributed by atoms with Gasteiger partial charge >= 0.3 is 6.03 Å². The minimum Gasteiger partial charge on any atom is -0.320 e. The van der Waals surface area contributed by atoms with Gasteiger partial charge in [0.25, 0.3) is 5.56 Å². The summed E-state index contributed by atoms with van der Waals surface area (Å²) in [7, 11) is 3.30. The molecule has 2 rings (SSSR count). The molecule has 0 saturated carbocycles. The molecule has 2 heterocycles. The molecule has 106 valence electrons. The Labute approximate surface area is 120 Å². The van der Waals surface area contributed by atoms with Crippen LogP contribution in [-0.4, -0.2) is 27.5 Å². The minimum atomic E-state index is -0.360. The van der Waals surface area contributed by atoms with E-state index >= 15 is 0 Å². The summed E-state index contributed by atoms with van der Waals surface area (Å²) >= 11 is 1.59. The van der Waals surface area contributed by atoms with Crippen LogP contribution in [0.25, 0.3) is 0 Å². The van der Waals surface area contributed by atoms with Gasteiger partial charge in [-0.15, -0.1) is 11.3 Å². The van der Waals surface area contributed by atoms with Gasteiger partial charge in [-0.3, -0.25) is 10.1 Å². The molecule has 1 N–H and O–H groups in total. The second kappa shape index (κ2) is 5.87. The summed E-state index contributed by atoms with van der Waals surface area (Å²) in [6.07, 6.45) is 3.01. The normalized spacial score (nSPS) is 11.9. The Bertz CT molecular complexity index is 651. The molecule has 2 amide bonds. The molecule has 0 unspecified atom stereocenters. The SMILES string of the molecule is C[C@@H](c1cccs1)N(C)C(=O)Nc1nccn(C)c1=O. The van der Waals surface area contributed by atoms with E-state index < -0.39 is 0 Å². The summed E-state index contributed by atoms with van der Waals surface area (Å²) in [5.74, 6) is 0.0326. The van der Waals surface area contributed by atoms with Crippen molar-refractivity contribution < 1.29 is 4.79 Å². The van der Waals surface area contributed by atoms with Gasteiger partial charge in [-0.2, -0.15) is 0 Å². The molecule has 6 nitrogen and oxygen atoms in total. The smallest absolute Gasteiger partial charge is 0.320 e. The summed E-state index contributed by atoms with van der Waals surface area (Å²) in [4.78, 5) is 30.5. The van der Waals surface area contributed by atoms with Gasteiger partial charge in [-0.05, 0) is 18.4 Å². The average molecular weight is 292 g/mol. The fraction of sp³-hybridized carbons (Fsp3) is 0.308. The lowest BCUT2D eigenvalue weighted by Crippen LogP contribution is -2.36. The number of aryl methyl sites for hydroxylation is 1. The summed E-state index contributed by atoms with van der Waals surface area (Å²) in [6.45, 7) is 1.93. The molecule has 0 radical (unpaired) electrons. The third kappa shape index (κ3) is 2.88. The molecular weight excluding hydrogens is 276 g/mol. The number of nitrogens with one attached hydrogen (secondary N) is 1. The monoisotopic (exact) mass is 292 g/mol. The quantitative estimate of drug-likeness (QED) is 0.941. The highest BCUT2D eigenvalue weighted by Gasteiger charge is 2.19. The van der Waals surface area contributed by atoms with Gasteiger partial charge in [-0.1, -0.05) is 6.07 Å². The molecular formula is C13H16N4O2S. The summed E-state index contributed by atoms with van der Waals surface area (Å²) < 4.78 is 1.37. The highest BCUT2D eigenvalue weighted by Crippen LogP contribution is 2.23. The van der Waals surface area contributed by atoms with Crippen molar-refractivity contribution in [3.8, 4) is 0 Å². The lowest BCUT2D eigenvalue weighted by Gasteiger charge is -2.24. The fourth-order valence-corrected chi connectivity index (χ4v) is 2.50. The van der Waals surface area contributed by atoms with E-state index in [2.05, 4.69) is 10.3 Å². The number of anilines is 1. The van der Waals surface area contributed by atoms with Gasteiger partial charge in [0.1, 0.15) is 0 Å². The molecule has 2 aromatic rings. The number of aromatic nitrogens is 2. The van der Waals surface area contributed by atoms with Gasteiger partial charge in [-0.25, -0.2) is 9.78 Å². The largest absolute Gasteiger partial charge is 0.323 e. The number of thiophene rings is 1. The van der Waals surface area contributed by atoms with Crippen LogP contribution in [0.2, 0.25) is 0 Å². The maximum atomic E-state index is 12.1. The van der Waals surface area contributed by atoms with Gasteiger partial charge in [0.05, 0.1) is 6.04 Å². The van der Waals surface area contributed by atoms with Gasteiger partial charge in [0.2, 0.25) is 5.82 Å². The fourth-order valence-electron chi connectivity index (χ4n) is 1.67. The molecule has 0 bridgehead atoms. The lowest BCUT2D eigenvalue weighted by molar-refractivity contribution is 0.209. The van der Waals surface area contributed by atoms with Gasteiger partial charge in [0.15, 0.2) is 0 Å². The summed E-state index contributed by atoms with van der Waals surface area (Å²) in [5.41, 5.74) is -0.335.